The summed E-state index contributed by atoms with van der Waals surface area (Å²) in [6.45, 7) is 6.56. The lowest BCUT2D eigenvalue weighted by molar-refractivity contribution is -0.123. The van der Waals surface area contributed by atoms with Gasteiger partial charge in [-0.1, -0.05) is 26.0 Å². The average molecular weight is 315 g/mol. The number of halogens is 1. The molecule has 120 valence electrons. The first-order valence-corrected chi connectivity index (χ1v) is 7.05. The molecule has 21 heavy (non-hydrogen) atoms. The molecule has 0 aliphatic carbocycles. The number of carbonyl (C=O) groups is 1. The van der Waals surface area contributed by atoms with Crippen molar-refractivity contribution in [3.8, 4) is 5.75 Å². The van der Waals surface area contributed by atoms with Gasteiger partial charge in [0, 0.05) is 13.0 Å². The van der Waals surface area contributed by atoms with Crippen molar-refractivity contribution in [2.24, 2.45) is 11.7 Å². The molecule has 0 saturated heterocycles. The number of benzene rings is 1. The zero-order chi connectivity index (χ0) is 15.2. The van der Waals surface area contributed by atoms with Crippen molar-refractivity contribution in [1.82, 2.24) is 5.32 Å². The third-order valence-electron chi connectivity index (χ3n) is 3.92. The van der Waals surface area contributed by atoms with E-state index in [-0.39, 0.29) is 23.9 Å². The van der Waals surface area contributed by atoms with Gasteiger partial charge in [-0.2, -0.15) is 0 Å². The first-order valence-electron chi connectivity index (χ1n) is 7.05. The van der Waals surface area contributed by atoms with Crippen LogP contribution in [0.4, 0.5) is 0 Å². The number of nitrogens with two attached hydrogens (primary N) is 1. The Morgan fingerprint density at radius 2 is 1.90 bits per heavy atom. The van der Waals surface area contributed by atoms with E-state index in [1.807, 2.05) is 31.2 Å². The van der Waals surface area contributed by atoms with Gasteiger partial charge in [-0.15, -0.1) is 12.4 Å². The Hall–Kier alpha value is -1.26. The third-order valence-corrected chi connectivity index (χ3v) is 3.92. The van der Waals surface area contributed by atoms with Gasteiger partial charge < -0.3 is 15.8 Å². The van der Waals surface area contributed by atoms with Crippen molar-refractivity contribution in [3.05, 3.63) is 29.8 Å². The molecule has 1 aromatic carbocycles. The first-order chi connectivity index (χ1) is 9.41. The maximum Gasteiger partial charge on any atom is 0.220 e. The minimum atomic E-state index is -0.336. The Kier molecular flexibility index (Phi) is 8.37. The van der Waals surface area contributed by atoms with Crippen LogP contribution in [-0.4, -0.2) is 25.1 Å². The number of methoxy groups -OCH3 is 1. The smallest absolute Gasteiger partial charge is 0.220 e. The molecule has 1 amide bonds. The Morgan fingerprint density at radius 3 is 2.33 bits per heavy atom. The highest BCUT2D eigenvalue weighted by molar-refractivity contribution is 5.85. The summed E-state index contributed by atoms with van der Waals surface area (Å²) in [5.41, 5.74) is 6.56. The van der Waals surface area contributed by atoms with E-state index in [0.29, 0.717) is 25.3 Å². The molecule has 0 aliphatic heterocycles. The quantitative estimate of drug-likeness (QED) is 0.813. The van der Waals surface area contributed by atoms with E-state index in [2.05, 4.69) is 19.2 Å². The first kappa shape index (κ1) is 19.7. The molecular weight excluding hydrogens is 288 g/mol. The summed E-state index contributed by atoms with van der Waals surface area (Å²) in [5, 5.41) is 3.05. The fraction of sp³-hybridized carbons (Fsp3) is 0.562. The second kappa shape index (κ2) is 8.90. The van der Waals surface area contributed by atoms with Crippen molar-refractivity contribution < 1.29 is 9.53 Å². The monoisotopic (exact) mass is 314 g/mol. The summed E-state index contributed by atoms with van der Waals surface area (Å²) in [5.74, 6) is 1.17. The largest absolute Gasteiger partial charge is 0.497 e. The number of amides is 1. The topological polar surface area (TPSA) is 64.3 Å². The van der Waals surface area contributed by atoms with Crippen LogP contribution < -0.4 is 15.8 Å². The fourth-order valence-electron chi connectivity index (χ4n) is 1.86. The second-order valence-electron chi connectivity index (χ2n) is 5.67. The van der Waals surface area contributed by atoms with Crippen LogP contribution in [0.15, 0.2) is 24.3 Å². The Balaban J connectivity index is 0.00000400. The van der Waals surface area contributed by atoms with Crippen molar-refractivity contribution >= 4 is 18.3 Å². The summed E-state index contributed by atoms with van der Waals surface area (Å²) in [6.07, 6.45) is 1.18. The van der Waals surface area contributed by atoms with Crippen LogP contribution in [0.25, 0.3) is 0 Å². The van der Waals surface area contributed by atoms with Crippen LogP contribution >= 0.6 is 12.4 Å². The average Bonchev–Trinajstić information content (AvgIpc) is 2.45. The lowest BCUT2D eigenvalue weighted by Gasteiger charge is -2.33. The van der Waals surface area contributed by atoms with Gasteiger partial charge in [0.2, 0.25) is 5.91 Å². The van der Waals surface area contributed by atoms with Crippen LogP contribution in [-0.2, 0) is 11.2 Å². The number of hydrogen-bond donors (Lipinski definition) is 2. The van der Waals surface area contributed by atoms with Crippen LogP contribution in [0.5, 0.6) is 5.75 Å². The van der Waals surface area contributed by atoms with Gasteiger partial charge in [-0.3, -0.25) is 4.79 Å². The van der Waals surface area contributed by atoms with Crippen molar-refractivity contribution in [1.29, 1.82) is 0 Å². The molecule has 0 fully saturated rings. The van der Waals surface area contributed by atoms with Gasteiger partial charge in [0.05, 0.1) is 12.6 Å². The van der Waals surface area contributed by atoms with E-state index in [0.717, 1.165) is 11.3 Å². The predicted octanol–water partition coefficient (Wildman–Crippen LogP) is 2.54. The minimum absolute atomic E-state index is 0. The molecule has 0 saturated carbocycles. The van der Waals surface area contributed by atoms with Crippen molar-refractivity contribution in [2.75, 3.05) is 13.7 Å². The molecular formula is C16H27ClN2O2. The molecule has 1 aromatic rings. The molecule has 0 heterocycles. The summed E-state index contributed by atoms with van der Waals surface area (Å²) < 4.78 is 5.11. The lowest BCUT2D eigenvalue weighted by atomic mass is 9.88. The highest BCUT2D eigenvalue weighted by atomic mass is 35.5. The molecule has 0 bridgehead atoms. The summed E-state index contributed by atoms with van der Waals surface area (Å²) in [4.78, 5) is 12.0. The lowest BCUT2D eigenvalue weighted by Crippen LogP contribution is -2.55. The highest BCUT2D eigenvalue weighted by Gasteiger charge is 2.28. The Bertz CT molecular complexity index is 434. The van der Waals surface area contributed by atoms with Gasteiger partial charge in [0.1, 0.15) is 5.75 Å². The molecule has 0 spiro atoms. The zero-order valence-corrected chi connectivity index (χ0v) is 14.1. The van der Waals surface area contributed by atoms with E-state index in [4.69, 9.17) is 10.5 Å². The molecule has 5 heteroatoms. The van der Waals surface area contributed by atoms with E-state index < -0.39 is 0 Å². The standard InChI is InChI=1S/C16H26N2O2.ClH/c1-12(2)16(3,11-17)18-15(19)10-7-13-5-8-14(20-4)9-6-13;/h5-6,8-9,12H,7,10-11,17H2,1-4H3,(H,18,19);1H. The van der Waals surface area contributed by atoms with Gasteiger partial charge in [-0.25, -0.2) is 0 Å². The van der Waals surface area contributed by atoms with E-state index in [1.165, 1.54) is 0 Å². The van der Waals surface area contributed by atoms with Crippen molar-refractivity contribution in [2.45, 2.75) is 39.2 Å². The molecule has 1 unspecified atom stereocenters. The van der Waals surface area contributed by atoms with Crippen molar-refractivity contribution in [3.63, 3.8) is 0 Å². The summed E-state index contributed by atoms with van der Waals surface area (Å²) in [7, 11) is 1.64. The number of carbonyl (C=O) groups excluding carboxylic acids is 1. The fourth-order valence-corrected chi connectivity index (χ4v) is 1.86. The number of ether oxygens (including phenoxy) is 1. The number of aryl methyl sites for hydroxylation is 1. The highest BCUT2D eigenvalue weighted by Crippen LogP contribution is 2.16. The van der Waals surface area contributed by atoms with Gasteiger partial charge in [0.25, 0.3) is 0 Å². The minimum Gasteiger partial charge on any atom is -0.497 e. The Morgan fingerprint density at radius 1 is 1.33 bits per heavy atom. The van der Waals surface area contributed by atoms with Crippen LogP contribution in [0, 0.1) is 5.92 Å². The summed E-state index contributed by atoms with van der Waals surface area (Å²) >= 11 is 0. The molecule has 1 atom stereocenters. The third kappa shape index (κ3) is 5.94. The number of rotatable bonds is 7. The van der Waals surface area contributed by atoms with Crippen LogP contribution in [0.1, 0.15) is 32.8 Å². The van der Waals surface area contributed by atoms with E-state index in [1.54, 1.807) is 7.11 Å². The van der Waals surface area contributed by atoms with Gasteiger partial charge >= 0.3 is 0 Å². The predicted molar refractivity (Wildman–Crippen MR) is 89.0 cm³/mol. The molecule has 0 aliphatic rings. The zero-order valence-electron chi connectivity index (χ0n) is 13.3. The molecule has 1 rings (SSSR count). The molecule has 3 N–H and O–H groups in total. The second-order valence-corrected chi connectivity index (χ2v) is 5.67. The SMILES string of the molecule is COc1ccc(CCC(=O)NC(C)(CN)C(C)C)cc1.Cl. The van der Waals surface area contributed by atoms with Gasteiger partial charge in [-0.05, 0) is 37.0 Å². The molecule has 4 nitrogen and oxygen atoms in total. The molecule has 0 aromatic heterocycles. The van der Waals surface area contributed by atoms with E-state index in [9.17, 15) is 4.79 Å². The molecule has 0 radical (unpaired) electrons. The van der Waals surface area contributed by atoms with Crippen LogP contribution in [0.3, 0.4) is 0 Å². The number of nitrogens with one attached hydrogen (secondary N) is 1. The maximum atomic E-state index is 12.0. The maximum absolute atomic E-state index is 12.0. The Labute approximate surface area is 133 Å². The summed E-state index contributed by atoms with van der Waals surface area (Å²) in [6, 6.07) is 7.78. The van der Waals surface area contributed by atoms with Gasteiger partial charge in [0.15, 0.2) is 0 Å². The van der Waals surface area contributed by atoms with E-state index >= 15 is 0 Å². The number of hydrogen-bond acceptors (Lipinski definition) is 3. The van der Waals surface area contributed by atoms with Crippen LogP contribution in [0.2, 0.25) is 0 Å². The normalized spacial score (nSPS) is 13.2.